The number of nitrogens with zero attached hydrogens (tertiary/aromatic N) is 1. The lowest BCUT2D eigenvalue weighted by Gasteiger charge is -2.27. The van der Waals surface area contributed by atoms with Crippen molar-refractivity contribution < 1.29 is 14.6 Å². The van der Waals surface area contributed by atoms with E-state index in [-0.39, 0.29) is 25.5 Å². The van der Waals surface area contributed by atoms with E-state index in [0.717, 1.165) is 0 Å². The largest absolute Gasteiger partial charge is 0.491 e. The van der Waals surface area contributed by atoms with E-state index in [4.69, 9.17) is 10.5 Å². The molecule has 1 unspecified atom stereocenters. The normalized spacial score (nSPS) is 13.8. The monoisotopic (exact) mass is 295 g/mol. The number of amides is 1. The van der Waals surface area contributed by atoms with Crippen LogP contribution in [0.1, 0.15) is 13.3 Å². The number of nitrogen functional groups attached to an aromatic ring is 1. The van der Waals surface area contributed by atoms with Crippen molar-refractivity contribution in [1.82, 2.24) is 10.2 Å². The fraction of sp³-hybridized carbons (Fsp3) is 0.533. The van der Waals surface area contributed by atoms with Crippen LogP contribution in [0.3, 0.4) is 0 Å². The van der Waals surface area contributed by atoms with Gasteiger partial charge in [-0.2, -0.15) is 0 Å². The van der Waals surface area contributed by atoms with Gasteiger partial charge >= 0.3 is 0 Å². The van der Waals surface area contributed by atoms with Crippen molar-refractivity contribution in [3.8, 4) is 5.75 Å². The maximum Gasteiger partial charge on any atom is 0.223 e. The van der Waals surface area contributed by atoms with Gasteiger partial charge in [0.1, 0.15) is 5.75 Å². The van der Waals surface area contributed by atoms with E-state index in [1.165, 1.54) is 0 Å². The summed E-state index contributed by atoms with van der Waals surface area (Å²) in [5, 5.41) is 12.8. The van der Waals surface area contributed by atoms with Crippen molar-refractivity contribution in [2.45, 2.75) is 18.9 Å². The Balaban J connectivity index is 2.27. The zero-order valence-corrected chi connectivity index (χ0v) is 12.9. The molecule has 0 aliphatic rings. The zero-order valence-electron chi connectivity index (χ0n) is 12.9. The second-order valence-electron chi connectivity index (χ2n) is 5.65. The Morgan fingerprint density at radius 1 is 1.43 bits per heavy atom. The van der Waals surface area contributed by atoms with Gasteiger partial charge in [-0.05, 0) is 33.2 Å². The molecule has 6 nitrogen and oxygen atoms in total. The molecule has 1 aromatic carbocycles. The summed E-state index contributed by atoms with van der Waals surface area (Å²) in [4.78, 5) is 13.6. The van der Waals surface area contributed by atoms with Crippen molar-refractivity contribution in [2.24, 2.45) is 0 Å². The summed E-state index contributed by atoms with van der Waals surface area (Å²) in [5.41, 5.74) is 5.33. The molecule has 0 saturated carbocycles. The quantitative estimate of drug-likeness (QED) is 0.607. The Kier molecular flexibility index (Phi) is 6.45. The number of hydrogen-bond acceptors (Lipinski definition) is 5. The highest BCUT2D eigenvalue weighted by Gasteiger charge is 2.21. The number of rotatable bonds is 8. The Hall–Kier alpha value is -1.79. The zero-order chi connectivity index (χ0) is 15.9. The average Bonchev–Trinajstić information content (AvgIpc) is 2.37. The highest BCUT2D eigenvalue weighted by atomic mass is 16.5. The van der Waals surface area contributed by atoms with E-state index in [0.29, 0.717) is 18.0 Å². The molecule has 6 heteroatoms. The van der Waals surface area contributed by atoms with Crippen molar-refractivity contribution in [2.75, 3.05) is 39.5 Å². The molecule has 0 heterocycles. The molecule has 1 atom stereocenters. The Labute approximate surface area is 125 Å². The van der Waals surface area contributed by atoms with Crippen LogP contribution < -0.4 is 15.8 Å². The number of ether oxygens (including phenoxy) is 1. The first-order chi connectivity index (χ1) is 9.80. The van der Waals surface area contributed by atoms with Crippen LogP contribution in [-0.2, 0) is 4.79 Å². The van der Waals surface area contributed by atoms with Crippen LogP contribution in [0.5, 0.6) is 5.75 Å². The van der Waals surface area contributed by atoms with Gasteiger partial charge < -0.3 is 25.8 Å². The number of benzene rings is 1. The van der Waals surface area contributed by atoms with Crippen molar-refractivity contribution in [3.05, 3.63) is 24.3 Å². The number of anilines is 1. The van der Waals surface area contributed by atoms with E-state index in [2.05, 4.69) is 5.32 Å². The molecule has 0 aromatic heterocycles. The highest BCUT2D eigenvalue weighted by molar-refractivity contribution is 5.76. The molecule has 118 valence electrons. The summed E-state index contributed by atoms with van der Waals surface area (Å²) in [6, 6.07) is 7.15. The van der Waals surface area contributed by atoms with E-state index in [1.54, 1.807) is 19.1 Å². The van der Waals surface area contributed by atoms with E-state index in [1.807, 2.05) is 31.1 Å². The maximum absolute atomic E-state index is 11.7. The lowest BCUT2D eigenvalue weighted by molar-refractivity contribution is -0.122. The number of para-hydroxylation sites is 2. The van der Waals surface area contributed by atoms with Gasteiger partial charge in [0.05, 0.1) is 24.3 Å². The van der Waals surface area contributed by atoms with E-state index < -0.39 is 5.60 Å². The predicted octanol–water partition coefficient (Wildman–Crippen LogP) is 0.467. The topological polar surface area (TPSA) is 87.8 Å². The third kappa shape index (κ3) is 6.97. The first kappa shape index (κ1) is 17.3. The molecular formula is C15H25N3O3. The van der Waals surface area contributed by atoms with Gasteiger partial charge in [-0.3, -0.25) is 4.79 Å². The fourth-order valence-corrected chi connectivity index (χ4v) is 1.98. The minimum Gasteiger partial charge on any atom is -0.491 e. The molecule has 0 bridgehead atoms. The number of likely N-dealkylation sites (N-methyl/N-ethyl adjacent to an activating group) is 1. The van der Waals surface area contributed by atoms with Crippen molar-refractivity contribution in [3.63, 3.8) is 0 Å². The molecule has 1 amide bonds. The molecule has 1 rings (SSSR count). The van der Waals surface area contributed by atoms with Crippen LogP contribution in [0.2, 0.25) is 0 Å². The second kappa shape index (κ2) is 7.85. The summed E-state index contributed by atoms with van der Waals surface area (Å²) in [6.45, 7) is 2.62. The van der Waals surface area contributed by atoms with Crippen LogP contribution in [-0.4, -0.2) is 55.3 Å². The van der Waals surface area contributed by atoms with Crippen LogP contribution in [0.4, 0.5) is 5.69 Å². The summed E-state index contributed by atoms with van der Waals surface area (Å²) in [6.07, 6.45) is 0.215. The standard InChI is InChI=1S/C15H25N3O3/c1-15(20,11-18(2)3)10-17-14(19)8-9-21-13-7-5-4-6-12(13)16/h4-7,20H,8-11,16H2,1-3H3,(H,17,19). The summed E-state index contributed by atoms with van der Waals surface area (Å²) < 4.78 is 5.45. The number of carbonyl (C=O) groups is 1. The molecule has 0 spiro atoms. The minimum absolute atomic E-state index is 0.163. The summed E-state index contributed by atoms with van der Waals surface area (Å²) in [5.74, 6) is 0.411. The number of nitrogens with two attached hydrogens (primary N) is 1. The molecule has 1 aromatic rings. The molecule has 0 radical (unpaired) electrons. The molecule has 0 aliphatic heterocycles. The van der Waals surface area contributed by atoms with Crippen LogP contribution in [0, 0.1) is 0 Å². The van der Waals surface area contributed by atoms with Gasteiger partial charge in [-0.25, -0.2) is 0 Å². The predicted molar refractivity (Wildman–Crippen MR) is 83.2 cm³/mol. The van der Waals surface area contributed by atoms with Crippen LogP contribution in [0.15, 0.2) is 24.3 Å². The van der Waals surface area contributed by atoms with Gasteiger partial charge in [0.15, 0.2) is 0 Å². The average molecular weight is 295 g/mol. The Morgan fingerprint density at radius 3 is 2.71 bits per heavy atom. The minimum atomic E-state index is -0.954. The highest BCUT2D eigenvalue weighted by Crippen LogP contribution is 2.19. The number of aliphatic hydroxyl groups is 1. The van der Waals surface area contributed by atoms with E-state index >= 15 is 0 Å². The van der Waals surface area contributed by atoms with Gasteiger partial charge in [-0.1, -0.05) is 12.1 Å². The van der Waals surface area contributed by atoms with Crippen LogP contribution >= 0.6 is 0 Å². The van der Waals surface area contributed by atoms with Gasteiger partial charge in [0.2, 0.25) is 5.91 Å². The molecule has 0 saturated heterocycles. The lowest BCUT2D eigenvalue weighted by atomic mass is 10.1. The van der Waals surface area contributed by atoms with E-state index in [9.17, 15) is 9.90 Å². The third-order valence-electron chi connectivity index (χ3n) is 2.83. The molecule has 0 aliphatic carbocycles. The number of carbonyl (C=O) groups excluding carboxylic acids is 1. The lowest BCUT2D eigenvalue weighted by Crippen LogP contribution is -2.47. The number of hydrogen-bond donors (Lipinski definition) is 3. The maximum atomic E-state index is 11.7. The number of nitrogens with one attached hydrogen (secondary N) is 1. The SMILES string of the molecule is CN(C)CC(C)(O)CNC(=O)CCOc1ccccc1N. The van der Waals surface area contributed by atoms with Gasteiger partial charge in [-0.15, -0.1) is 0 Å². The van der Waals surface area contributed by atoms with Crippen LogP contribution in [0.25, 0.3) is 0 Å². The van der Waals surface area contributed by atoms with Gasteiger partial charge in [0, 0.05) is 13.1 Å². The Bertz CT molecular complexity index is 461. The molecule has 4 N–H and O–H groups in total. The van der Waals surface area contributed by atoms with Crippen molar-refractivity contribution in [1.29, 1.82) is 0 Å². The molecule has 21 heavy (non-hydrogen) atoms. The molecule has 0 fully saturated rings. The third-order valence-corrected chi connectivity index (χ3v) is 2.83. The second-order valence-corrected chi connectivity index (χ2v) is 5.65. The first-order valence-corrected chi connectivity index (χ1v) is 6.91. The first-order valence-electron chi connectivity index (χ1n) is 6.91. The fourth-order valence-electron chi connectivity index (χ4n) is 1.98. The van der Waals surface area contributed by atoms with Crippen molar-refractivity contribution >= 4 is 11.6 Å². The van der Waals surface area contributed by atoms with Gasteiger partial charge in [0.25, 0.3) is 0 Å². The smallest absolute Gasteiger partial charge is 0.223 e. The summed E-state index contributed by atoms with van der Waals surface area (Å²) in [7, 11) is 3.74. The summed E-state index contributed by atoms with van der Waals surface area (Å²) >= 11 is 0. The molecular weight excluding hydrogens is 270 g/mol. The Morgan fingerprint density at radius 2 is 2.10 bits per heavy atom.